The van der Waals surface area contributed by atoms with E-state index in [-0.39, 0.29) is 39.1 Å². The zero-order chi connectivity index (χ0) is 67.1. The monoisotopic (exact) mass is 1220 g/mol. The van der Waals surface area contributed by atoms with Crippen LogP contribution in [0.2, 0.25) is 0 Å². The number of nitrogens with zero attached hydrogens (tertiary/aromatic N) is 6. The van der Waals surface area contributed by atoms with Gasteiger partial charge in [0, 0.05) is 186 Å². The summed E-state index contributed by atoms with van der Waals surface area (Å²) in [6.07, 6.45) is -3.66. The molecule has 90 heavy (non-hydrogen) atoms. The van der Waals surface area contributed by atoms with Gasteiger partial charge in [-0.25, -0.2) is 19.2 Å². The summed E-state index contributed by atoms with van der Waals surface area (Å²) in [5.41, 5.74) is 24.6. The van der Waals surface area contributed by atoms with Crippen LogP contribution in [-0.4, -0.2) is 345 Å². The second kappa shape index (κ2) is 34.5. The zero-order valence-corrected chi connectivity index (χ0v) is 51.2. The topological polar surface area (TPSA) is 393 Å². The van der Waals surface area contributed by atoms with E-state index in [1.54, 1.807) is 12.0 Å². The van der Waals surface area contributed by atoms with E-state index in [4.69, 9.17) is 109 Å². The maximum absolute atomic E-state index is 15.0. The summed E-state index contributed by atoms with van der Waals surface area (Å²) in [4.78, 5) is 132. The van der Waals surface area contributed by atoms with E-state index < -0.39 is 214 Å². The molecule has 5 aliphatic heterocycles. The first kappa shape index (κ1) is 75.3. The molecule has 0 aromatic rings. The number of aliphatic carboxylic acids is 1. The molecule has 0 saturated carbocycles. The van der Waals surface area contributed by atoms with E-state index in [9.17, 15) is 48.0 Å². The van der Waals surface area contributed by atoms with Crippen LogP contribution in [0.5, 0.6) is 0 Å². The fourth-order valence-electron chi connectivity index (χ4n) is 10.7. The molecule has 14 N–H and O–H groups in total. The van der Waals surface area contributed by atoms with Crippen molar-refractivity contribution >= 4 is 203 Å². The second-order valence-corrected chi connectivity index (χ2v) is 24.1. The van der Waals surface area contributed by atoms with Crippen LogP contribution < -0.4 is 49.5 Å². The lowest BCUT2D eigenvalue weighted by molar-refractivity contribution is -0.150. The average molecular weight is 1220 g/mol. The van der Waals surface area contributed by atoms with Gasteiger partial charge in [0.15, 0.2) is 0 Å². The number of hydrogen-bond donors (Lipinski definition) is 10. The van der Waals surface area contributed by atoms with E-state index in [1.807, 2.05) is 0 Å². The summed E-state index contributed by atoms with van der Waals surface area (Å²) in [6, 6.07) is -7.31. The first-order valence-corrected chi connectivity index (χ1v) is 30.8. The van der Waals surface area contributed by atoms with Crippen LogP contribution in [0, 0.1) is 0 Å². The van der Waals surface area contributed by atoms with Crippen LogP contribution >= 0.6 is 7.60 Å². The summed E-state index contributed by atoms with van der Waals surface area (Å²) in [5.74, 6) is -2.70. The van der Waals surface area contributed by atoms with Crippen LogP contribution in [0.15, 0.2) is 59.7 Å². The Bertz CT molecular complexity index is 2820. The maximum atomic E-state index is 15.0. The van der Waals surface area contributed by atoms with Crippen molar-refractivity contribution in [2.24, 2.45) is 22.9 Å². The third-order valence-electron chi connectivity index (χ3n) is 15.5. The number of hydrogen-bond acceptors (Lipinski definition) is 16. The van der Waals surface area contributed by atoms with Gasteiger partial charge in [0.2, 0.25) is 29.5 Å². The predicted octanol–water partition coefficient (Wildman–Crippen LogP) is -11.4. The second-order valence-electron chi connectivity index (χ2n) is 22.0. The number of carbonyl (C=O) groups is 9. The Balaban J connectivity index is 1.52. The molecular formula is C41H62B20N15O13P. The summed E-state index contributed by atoms with van der Waals surface area (Å²) < 4.78 is 25.8. The molecule has 0 bridgehead atoms. The fourth-order valence-corrected chi connectivity index (χ4v) is 12.6. The highest BCUT2D eigenvalue weighted by molar-refractivity contribution is 8.02. The van der Waals surface area contributed by atoms with Gasteiger partial charge >= 0.3 is 31.7 Å². The van der Waals surface area contributed by atoms with Crippen molar-refractivity contribution in [3.63, 3.8) is 0 Å². The van der Waals surface area contributed by atoms with Crippen LogP contribution in [-0.2, 0) is 42.4 Å². The standard InChI is InChI=1S/C41H62B20N15O13P/c1-3-88-90(87,89-4-2)24-29(37(81)67-9-15-75(34(78)22-72-12-6-31(64)69-40(72)85)28(38(82)83)18-26-20-53(26)61(57(48)49)59(51)55(44)45)76(35(79)23-73-13-7-32(65)70-41(73)86)16-10-66-36(80)27(17-25-19-52(25)60(56(46)47)58(50)54(42)43)74(14-8-62)33(77)21-71-11-5-30(63)68-39(71)84/h5-7,11-13,19-20,27-32H,3-4,8-10,14-18,21-24,62-65H2,1-2H3,(H,66,80)(H,67,81)(H,68,84)(H,69,85)(H,70,86)(H,82,83). The van der Waals surface area contributed by atoms with Crippen LogP contribution in [0.1, 0.15) is 26.7 Å². The molecule has 0 aromatic heterocycles. The van der Waals surface area contributed by atoms with Crippen molar-refractivity contribution in [1.82, 2.24) is 56.0 Å². The molecule has 0 aliphatic carbocycles. The molecule has 49 heteroatoms. The number of carboxylic acids is 1. The van der Waals surface area contributed by atoms with Crippen molar-refractivity contribution < 1.29 is 61.9 Å². The Morgan fingerprint density at radius 2 is 0.944 bits per heavy atom. The van der Waals surface area contributed by atoms with E-state index in [1.165, 1.54) is 50.7 Å². The Kier molecular flexibility index (Phi) is 28.9. The van der Waals surface area contributed by atoms with Crippen molar-refractivity contribution in [2.75, 3.05) is 78.3 Å². The molecule has 11 amide bonds. The highest BCUT2D eigenvalue weighted by Gasteiger charge is 2.48. The smallest absolute Gasteiger partial charge is 0.333 e. The van der Waals surface area contributed by atoms with Gasteiger partial charge < -0.3 is 78.4 Å². The number of rotatable bonds is 38. The minimum absolute atomic E-state index is 0.176. The van der Waals surface area contributed by atoms with Crippen molar-refractivity contribution in [2.45, 2.75) is 63.3 Å². The van der Waals surface area contributed by atoms with E-state index in [0.717, 1.165) is 29.4 Å². The van der Waals surface area contributed by atoms with Gasteiger partial charge in [-0.05, 0) is 44.9 Å². The molecule has 5 aliphatic rings. The average Bonchev–Trinajstić information content (AvgIpc) is 1.69. The summed E-state index contributed by atoms with van der Waals surface area (Å²) in [6.45, 7) is -3.35. The molecular weight excluding hydrogens is 1160 g/mol. The number of nitrogens with two attached hydrogens (primary N) is 4. The zero-order valence-electron chi connectivity index (χ0n) is 50.3. The molecule has 0 spiro atoms. The van der Waals surface area contributed by atoms with E-state index >= 15 is 4.79 Å². The third-order valence-corrected chi connectivity index (χ3v) is 17.6. The molecule has 6 unspecified atom stereocenters. The van der Waals surface area contributed by atoms with Gasteiger partial charge in [0.1, 0.15) is 51.0 Å². The first-order chi connectivity index (χ1) is 42.4. The molecule has 5 heterocycles. The molecule has 444 valence electrons. The molecule has 0 aromatic carbocycles. The van der Waals surface area contributed by atoms with Gasteiger partial charge in [-0.15, -0.1) is 22.9 Å². The number of carboxylic acid groups (broad SMARTS) is 1. The highest BCUT2D eigenvalue weighted by Crippen LogP contribution is 2.49. The van der Waals surface area contributed by atoms with Gasteiger partial charge in [-0.3, -0.25) is 43.2 Å². The molecule has 0 saturated heterocycles. The van der Waals surface area contributed by atoms with Crippen LogP contribution in [0.25, 0.3) is 0 Å². The Morgan fingerprint density at radius 3 is 1.27 bits per heavy atom. The lowest BCUT2D eigenvalue weighted by atomic mass is 8.57. The number of nitrogens with one attached hydrogen (secondary N) is 5. The number of urea groups is 3. The Labute approximate surface area is 542 Å². The van der Waals surface area contributed by atoms with E-state index in [0.29, 0.717) is 10.9 Å². The molecule has 5 rings (SSSR count). The molecule has 6 atom stereocenters. The fraction of sp³-hybridized carbons (Fsp3) is 0.537. The summed E-state index contributed by atoms with van der Waals surface area (Å²) >= 11 is 0. The molecule has 28 nitrogen and oxygen atoms in total. The van der Waals surface area contributed by atoms with Gasteiger partial charge in [0.05, 0.1) is 37.9 Å². The van der Waals surface area contributed by atoms with Gasteiger partial charge in [-0.2, -0.15) is 0 Å². The van der Waals surface area contributed by atoms with Crippen LogP contribution in [0.3, 0.4) is 0 Å². The molecule has 20 radical (unpaired) electrons. The minimum Gasteiger partial charge on any atom is -0.480 e. The largest absolute Gasteiger partial charge is 0.480 e. The summed E-state index contributed by atoms with van der Waals surface area (Å²) in [5, 5.41) is 23.5. The number of carbonyl (C=O) groups excluding carboxylic acids is 8. The highest BCUT2D eigenvalue weighted by atomic mass is 31.2. The van der Waals surface area contributed by atoms with Gasteiger partial charge in [-0.1, -0.05) is 0 Å². The van der Waals surface area contributed by atoms with E-state index in [2.05, 4.69) is 26.6 Å². The Morgan fingerprint density at radius 1 is 0.600 bits per heavy atom. The lowest BCUT2D eigenvalue weighted by Gasteiger charge is -2.36. The predicted molar refractivity (Wildman–Crippen MR) is 362 cm³/mol. The van der Waals surface area contributed by atoms with Gasteiger partial charge in [0.25, 0.3) is 0 Å². The third kappa shape index (κ3) is 21.1. The minimum atomic E-state index is -4.39. The normalized spacial score (nSPS) is 18.3. The van der Waals surface area contributed by atoms with Crippen molar-refractivity contribution in [1.29, 1.82) is 0 Å². The van der Waals surface area contributed by atoms with Crippen LogP contribution in [0.4, 0.5) is 14.4 Å². The number of amides is 11. The maximum Gasteiger partial charge on any atom is 0.333 e. The lowest BCUT2D eigenvalue weighted by Crippen LogP contribution is -2.64. The summed E-state index contributed by atoms with van der Waals surface area (Å²) in [7, 11) is 56.4. The first-order valence-electron chi connectivity index (χ1n) is 29.1. The Hall–Kier alpha value is -5.38. The SMILES string of the molecule is [B]B([B])B([B])B(B([B])[B])B1C=C1CC(C(=O)O)N(CCNC(=O)C(CP(=O)(OCC)OCC)N(CCNC(=O)C(CC1=CB1B(B([B])[B])B([B])B([B])[B])N(CCN)C(=O)CN1C=CC(N)NC1=O)C(=O)CN1C=CC(N)NC1=O)C(=O)CN1C=CC(N)NC1=O. The van der Waals surface area contributed by atoms with Crippen molar-refractivity contribution in [3.8, 4) is 0 Å². The quantitative estimate of drug-likeness (QED) is 0.0203. The molecule has 0 fully saturated rings. The van der Waals surface area contributed by atoms with Crippen molar-refractivity contribution in [3.05, 3.63) is 59.7 Å².